The average Bonchev–Trinajstić information content (AvgIpc) is 3.27. The summed E-state index contributed by atoms with van der Waals surface area (Å²) >= 11 is 0. The molecule has 4 rings (SSSR count). The maximum absolute atomic E-state index is 5.62. The van der Waals surface area contributed by atoms with E-state index >= 15 is 0 Å². The third kappa shape index (κ3) is 4.88. The molecule has 0 saturated carbocycles. The van der Waals surface area contributed by atoms with Gasteiger partial charge < -0.3 is 19.5 Å². The van der Waals surface area contributed by atoms with Crippen molar-refractivity contribution in [2.75, 3.05) is 19.8 Å². The van der Waals surface area contributed by atoms with Gasteiger partial charge in [-0.1, -0.05) is 24.3 Å². The number of nitrogens with zero attached hydrogens (tertiary/aromatic N) is 1. The van der Waals surface area contributed by atoms with Gasteiger partial charge in [-0.15, -0.1) is 0 Å². The zero-order valence-electron chi connectivity index (χ0n) is 18.9. The number of nitrogens with one attached hydrogen (secondary N) is 1. The largest absolute Gasteiger partial charge is 0.494 e. The Kier molecular flexibility index (Phi) is 6.95. The minimum atomic E-state index is -0.0508. The van der Waals surface area contributed by atoms with Crippen LogP contribution < -0.4 is 19.5 Å². The maximum Gasteiger partial charge on any atom is 0.129 e. The molecule has 1 N–H and O–H groups in total. The monoisotopic (exact) mass is 430 g/mol. The zero-order chi connectivity index (χ0) is 22.3. The summed E-state index contributed by atoms with van der Waals surface area (Å²) in [6.07, 6.45) is 0. The standard InChI is InChI=1S/C27H30N2O3/c1-4-30-22-13-7-19(8-14-22)25-26(20-9-15-23(16-10-20)31-5-2)29-27(28-25)21-11-17-24(18-12-21)32-6-3/h7-18,25-26H,4-6H2,1-3H3,(H,28,29)/t25-,26+. The highest BCUT2D eigenvalue weighted by Gasteiger charge is 2.32. The van der Waals surface area contributed by atoms with Gasteiger partial charge >= 0.3 is 0 Å². The van der Waals surface area contributed by atoms with E-state index in [4.69, 9.17) is 19.2 Å². The second kappa shape index (κ2) is 10.2. The first-order valence-corrected chi connectivity index (χ1v) is 11.2. The van der Waals surface area contributed by atoms with Gasteiger partial charge in [-0.3, -0.25) is 4.99 Å². The molecule has 5 nitrogen and oxygen atoms in total. The molecule has 1 heterocycles. The summed E-state index contributed by atoms with van der Waals surface area (Å²) in [7, 11) is 0. The van der Waals surface area contributed by atoms with Crippen LogP contribution in [0.15, 0.2) is 77.8 Å². The van der Waals surface area contributed by atoms with E-state index in [1.165, 1.54) is 0 Å². The summed E-state index contributed by atoms with van der Waals surface area (Å²) in [4.78, 5) is 5.09. The highest BCUT2D eigenvalue weighted by atomic mass is 16.5. The molecule has 0 aromatic heterocycles. The van der Waals surface area contributed by atoms with E-state index in [1.54, 1.807) is 0 Å². The van der Waals surface area contributed by atoms with Crippen LogP contribution in [0.4, 0.5) is 0 Å². The molecule has 0 radical (unpaired) electrons. The fourth-order valence-corrected chi connectivity index (χ4v) is 3.91. The molecule has 2 atom stereocenters. The van der Waals surface area contributed by atoms with Gasteiger partial charge in [-0.2, -0.15) is 0 Å². The van der Waals surface area contributed by atoms with Crippen LogP contribution in [-0.4, -0.2) is 25.7 Å². The number of hydrogen-bond acceptors (Lipinski definition) is 5. The molecule has 5 heteroatoms. The third-order valence-electron chi connectivity index (χ3n) is 5.40. The van der Waals surface area contributed by atoms with Gasteiger partial charge in [0.2, 0.25) is 0 Å². The first-order valence-electron chi connectivity index (χ1n) is 11.2. The Labute approximate surface area is 190 Å². The summed E-state index contributed by atoms with van der Waals surface area (Å²) in [5, 5.41) is 3.65. The first kappa shape index (κ1) is 21.8. The lowest BCUT2D eigenvalue weighted by atomic mass is 9.94. The molecule has 1 aliphatic rings. The Morgan fingerprint density at radius 3 is 1.53 bits per heavy atom. The molecule has 32 heavy (non-hydrogen) atoms. The SMILES string of the molecule is CCOc1ccc(C2=N[C@H](c3ccc(OCC)cc3)[C@H](c3ccc(OCC)cc3)N2)cc1. The zero-order valence-corrected chi connectivity index (χ0v) is 18.9. The van der Waals surface area contributed by atoms with Gasteiger partial charge in [0.15, 0.2) is 0 Å². The van der Waals surface area contributed by atoms with Gasteiger partial charge in [0.25, 0.3) is 0 Å². The molecule has 0 unspecified atom stereocenters. The van der Waals surface area contributed by atoms with Crippen LogP contribution in [0.2, 0.25) is 0 Å². The van der Waals surface area contributed by atoms with Crippen LogP contribution in [0.3, 0.4) is 0 Å². The van der Waals surface area contributed by atoms with Crippen molar-refractivity contribution in [2.24, 2.45) is 4.99 Å². The Morgan fingerprint density at radius 1 is 0.625 bits per heavy atom. The summed E-state index contributed by atoms with van der Waals surface area (Å²) in [5.74, 6) is 3.49. The molecule has 166 valence electrons. The van der Waals surface area contributed by atoms with Gasteiger partial charge in [-0.05, 0) is 80.4 Å². The first-order chi connectivity index (χ1) is 15.7. The second-order valence-corrected chi connectivity index (χ2v) is 7.51. The van der Waals surface area contributed by atoms with E-state index in [9.17, 15) is 0 Å². The van der Waals surface area contributed by atoms with Crippen LogP contribution in [0.5, 0.6) is 17.2 Å². The van der Waals surface area contributed by atoms with Crippen molar-refractivity contribution in [1.82, 2.24) is 5.32 Å². The summed E-state index contributed by atoms with van der Waals surface area (Å²) in [6.45, 7) is 7.92. The molecule has 3 aromatic carbocycles. The fraction of sp³-hybridized carbons (Fsp3) is 0.296. The van der Waals surface area contributed by atoms with Crippen molar-refractivity contribution >= 4 is 5.84 Å². The molecule has 0 aliphatic carbocycles. The van der Waals surface area contributed by atoms with Crippen LogP contribution >= 0.6 is 0 Å². The predicted octanol–water partition coefficient (Wildman–Crippen LogP) is 5.72. The molecule has 1 aliphatic heterocycles. The maximum atomic E-state index is 5.62. The minimum absolute atomic E-state index is 0.0187. The Morgan fingerprint density at radius 2 is 1.06 bits per heavy atom. The quantitative estimate of drug-likeness (QED) is 0.472. The highest BCUT2D eigenvalue weighted by Crippen LogP contribution is 2.38. The predicted molar refractivity (Wildman–Crippen MR) is 128 cm³/mol. The van der Waals surface area contributed by atoms with E-state index in [0.717, 1.165) is 39.8 Å². The highest BCUT2D eigenvalue weighted by molar-refractivity contribution is 6.00. The average molecular weight is 431 g/mol. The van der Waals surface area contributed by atoms with Crippen molar-refractivity contribution < 1.29 is 14.2 Å². The van der Waals surface area contributed by atoms with Crippen molar-refractivity contribution in [1.29, 1.82) is 0 Å². The second-order valence-electron chi connectivity index (χ2n) is 7.51. The van der Waals surface area contributed by atoms with Gasteiger partial charge in [0.1, 0.15) is 29.1 Å². The van der Waals surface area contributed by atoms with Gasteiger partial charge in [0.05, 0.1) is 25.9 Å². The molecule has 0 fully saturated rings. The summed E-state index contributed by atoms with van der Waals surface area (Å²) in [6, 6.07) is 24.5. The van der Waals surface area contributed by atoms with E-state index < -0.39 is 0 Å². The summed E-state index contributed by atoms with van der Waals surface area (Å²) < 4.78 is 16.8. The normalized spacial score (nSPS) is 17.4. The summed E-state index contributed by atoms with van der Waals surface area (Å²) in [5.41, 5.74) is 3.34. The number of benzene rings is 3. The minimum Gasteiger partial charge on any atom is -0.494 e. The van der Waals surface area contributed by atoms with Crippen LogP contribution in [0, 0.1) is 0 Å². The van der Waals surface area contributed by atoms with E-state index in [2.05, 4.69) is 29.6 Å². The molecular weight excluding hydrogens is 400 g/mol. The number of ether oxygens (including phenoxy) is 3. The number of rotatable bonds is 9. The Balaban J connectivity index is 1.64. The molecule has 3 aromatic rings. The molecule has 0 spiro atoms. The Hall–Kier alpha value is -3.47. The molecule has 0 bridgehead atoms. The van der Waals surface area contributed by atoms with Crippen LogP contribution in [0.1, 0.15) is 49.5 Å². The van der Waals surface area contributed by atoms with Crippen molar-refractivity contribution in [3.63, 3.8) is 0 Å². The van der Waals surface area contributed by atoms with Gasteiger partial charge in [0, 0.05) is 5.56 Å². The molecule has 0 saturated heterocycles. The van der Waals surface area contributed by atoms with E-state index in [-0.39, 0.29) is 12.1 Å². The molecular formula is C27H30N2O3. The van der Waals surface area contributed by atoms with Crippen molar-refractivity contribution in [3.05, 3.63) is 89.5 Å². The van der Waals surface area contributed by atoms with E-state index in [1.807, 2.05) is 69.3 Å². The lowest BCUT2D eigenvalue weighted by Gasteiger charge is -2.20. The third-order valence-corrected chi connectivity index (χ3v) is 5.40. The van der Waals surface area contributed by atoms with Crippen molar-refractivity contribution in [2.45, 2.75) is 32.9 Å². The van der Waals surface area contributed by atoms with E-state index in [0.29, 0.717) is 19.8 Å². The van der Waals surface area contributed by atoms with Crippen LogP contribution in [0.25, 0.3) is 0 Å². The van der Waals surface area contributed by atoms with Gasteiger partial charge in [-0.25, -0.2) is 0 Å². The number of amidine groups is 1. The number of aliphatic imine (C=N–C) groups is 1. The topological polar surface area (TPSA) is 52.1 Å². The Bertz CT molecular complexity index is 1030. The lowest BCUT2D eigenvalue weighted by molar-refractivity contribution is 0.339. The lowest BCUT2D eigenvalue weighted by Crippen LogP contribution is -2.25. The number of hydrogen-bond donors (Lipinski definition) is 1. The molecule has 0 amide bonds. The van der Waals surface area contributed by atoms with Crippen LogP contribution in [-0.2, 0) is 0 Å². The smallest absolute Gasteiger partial charge is 0.129 e. The van der Waals surface area contributed by atoms with Crippen molar-refractivity contribution in [3.8, 4) is 17.2 Å². The fourth-order valence-electron chi connectivity index (χ4n) is 3.91.